The molecule has 0 amide bonds. The smallest absolute Gasteiger partial charge is 0.198 e. The van der Waals surface area contributed by atoms with E-state index in [1.165, 1.54) is 6.26 Å². The van der Waals surface area contributed by atoms with E-state index in [9.17, 15) is 4.79 Å². The Morgan fingerprint density at radius 3 is 2.83 bits per heavy atom. The topological polar surface area (TPSA) is 43.1 Å². The molecule has 3 heteroatoms. The van der Waals surface area contributed by atoms with Crippen LogP contribution in [-0.2, 0) is 0 Å². The van der Waals surface area contributed by atoms with E-state index in [1.54, 1.807) is 18.5 Å². The molecule has 0 N–H and O–H groups in total. The summed E-state index contributed by atoms with van der Waals surface area (Å²) in [5.41, 5.74) is 1.17. The van der Waals surface area contributed by atoms with E-state index >= 15 is 0 Å². The highest BCUT2D eigenvalue weighted by Crippen LogP contribution is 2.20. The summed E-state index contributed by atoms with van der Waals surface area (Å²) in [6.07, 6.45) is 4.85. The van der Waals surface area contributed by atoms with Crippen molar-refractivity contribution in [3.63, 3.8) is 0 Å². The molecular weight excluding hydrogens is 226 g/mol. The normalized spacial score (nSPS) is 10.7. The van der Waals surface area contributed by atoms with Gasteiger partial charge in [-0.2, -0.15) is 0 Å². The SMILES string of the molecule is Cc1cc(C(=O)c2cncc3ccccc23)co1. The Hall–Kier alpha value is -2.42. The van der Waals surface area contributed by atoms with Crippen LogP contribution in [0.25, 0.3) is 10.8 Å². The van der Waals surface area contributed by atoms with Crippen LogP contribution in [0.1, 0.15) is 21.7 Å². The van der Waals surface area contributed by atoms with E-state index in [0.29, 0.717) is 11.1 Å². The number of nitrogens with zero attached hydrogens (tertiary/aromatic N) is 1. The number of fused-ring (bicyclic) bond motifs is 1. The second-order valence-electron chi connectivity index (χ2n) is 4.18. The lowest BCUT2D eigenvalue weighted by molar-refractivity contribution is 0.103. The second-order valence-corrected chi connectivity index (χ2v) is 4.18. The van der Waals surface area contributed by atoms with Crippen LogP contribution in [0.2, 0.25) is 0 Å². The molecule has 0 radical (unpaired) electrons. The lowest BCUT2D eigenvalue weighted by Crippen LogP contribution is -2.01. The maximum atomic E-state index is 12.4. The Morgan fingerprint density at radius 1 is 1.22 bits per heavy atom. The van der Waals surface area contributed by atoms with E-state index in [4.69, 9.17) is 4.42 Å². The standard InChI is InChI=1S/C15H11NO2/c1-10-6-12(9-18-10)15(17)14-8-16-7-11-4-2-3-5-13(11)14/h2-9H,1H3. The van der Waals surface area contributed by atoms with Gasteiger partial charge in [0.15, 0.2) is 5.78 Å². The van der Waals surface area contributed by atoms with Crippen LogP contribution in [0.4, 0.5) is 0 Å². The summed E-state index contributed by atoms with van der Waals surface area (Å²) in [5.74, 6) is 0.669. The predicted molar refractivity (Wildman–Crippen MR) is 68.6 cm³/mol. The van der Waals surface area contributed by atoms with E-state index < -0.39 is 0 Å². The lowest BCUT2D eigenvalue weighted by Gasteiger charge is -2.03. The predicted octanol–water partition coefficient (Wildman–Crippen LogP) is 3.37. The van der Waals surface area contributed by atoms with Crippen LogP contribution in [0.3, 0.4) is 0 Å². The lowest BCUT2D eigenvalue weighted by atomic mass is 10.0. The van der Waals surface area contributed by atoms with Gasteiger partial charge in [0.25, 0.3) is 0 Å². The molecule has 0 aliphatic rings. The minimum Gasteiger partial charge on any atom is -0.469 e. The van der Waals surface area contributed by atoms with Gasteiger partial charge in [0.1, 0.15) is 12.0 Å². The van der Waals surface area contributed by atoms with E-state index in [2.05, 4.69) is 4.98 Å². The molecule has 2 heterocycles. The molecule has 18 heavy (non-hydrogen) atoms. The number of pyridine rings is 1. The molecule has 0 fully saturated rings. The Balaban J connectivity index is 2.17. The first-order valence-electron chi connectivity index (χ1n) is 5.68. The number of carbonyl (C=O) groups is 1. The van der Waals surface area contributed by atoms with Crippen molar-refractivity contribution in [2.45, 2.75) is 6.92 Å². The minimum atomic E-state index is -0.0591. The Kier molecular flexibility index (Phi) is 2.45. The molecule has 1 aromatic carbocycles. The third kappa shape index (κ3) is 1.70. The number of hydrogen-bond donors (Lipinski definition) is 0. The molecule has 0 atom stereocenters. The fourth-order valence-electron chi connectivity index (χ4n) is 2.02. The summed E-state index contributed by atoms with van der Waals surface area (Å²) in [5, 5.41) is 1.87. The summed E-state index contributed by atoms with van der Waals surface area (Å²) in [6, 6.07) is 9.46. The first-order valence-corrected chi connectivity index (χ1v) is 5.68. The van der Waals surface area contributed by atoms with Crippen LogP contribution < -0.4 is 0 Å². The molecule has 0 spiro atoms. The third-order valence-electron chi connectivity index (χ3n) is 2.91. The van der Waals surface area contributed by atoms with Crippen LogP contribution in [-0.4, -0.2) is 10.8 Å². The van der Waals surface area contributed by atoms with Crippen molar-refractivity contribution in [2.75, 3.05) is 0 Å². The van der Waals surface area contributed by atoms with E-state index in [1.807, 2.05) is 31.2 Å². The highest BCUT2D eigenvalue weighted by atomic mass is 16.3. The highest BCUT2D eigenvalue weighted by molar-refractivity contribution is 6.15. The van der Waals surface area contributed by atoms with Gasteiger partial charge in [-0.1, -0.05) is 24.3 Å². The van der Waals surface area contributed by atoms with Crippen molar-refractivity contribution >= 4 is 16.6 Å². The third-order valence-corrected chi connectivity index (χ3v) is 2.91. The van der Waals surface area contributed by atoms with E-state index in [0.717, 1.165) is 16.5 Å². The van der Waals surface area contributed by atoms with E-state index in [-0.39, 0.29) is 5.78 Å². The molecule has 0 saturated heterocycles. The van der Waals surface area contributed by atoms with Crippen LogP contribution in [0, 0.1) is 6.92 Å². The van der Waals surface area contributed by atoms with Gasteiger partial charge in [-0.05, 0) is 18.4 Å². The monoisotopic (exact) mass is 237 g/mol. The largest absolute Gasteiger partial charge is 0.469 e. The minimum absolute atomic E-state index is 0.0591. The van der Waals surface area contributed by atoms with Gasteiger partial charge in [0.05, 0.1) is 5.56 Å². The van der Waals surface area contributed by atoms with Crippen molar-refractivity contribution in [2.24, 2.45) is 0 Å². The van der Waals surface area contributed by atoms with Crippen molar-refractivity contribution in [1.29, 1.82) is 0 Å². The fourth-order valence-corrected chi connectivity index (χ4v) is 2.02. The quantitative estimate of drug-likeness (QED) is 0.642. The number of hydrogen-bond acceptors (Lipinski definition) is 3. The van der Waals surface area contributed by atoms with Gasteiger partial charge >= 0.3 is 0 Å². The van der Waals surface area contributed by atoms with Gasteiger partial charge in [-0.25, -0.2) is 0 Å². The summed E-state index contributed by atoms with van der Waals surface area (Å²) in [4.78, 5) is 16.5. The molecule has 2 aromatic heterocycles. The number of aryl methyl sites for hydroxylation is 1. The number of aromatic nitrogens is 1. The number of benzene rings is 1. The van der Waals surface area contributed by atoms with Gasteiger partial charge in [0.2, 0.25) is 0 Å². The first-order chi connectivity index (χ1) is 8.75. The van der Waals surface area contributed by atoms with Gasteiger partial charge < -0.3 is 4.42 Å². The molecule has 0 saturated carbocycles. The van der Waals surface area contributed by atoms with Crippen molar-refractivity contribution in [3.05, 3.63) is 65.9 Å². The number of ketones is 1. The second kappa shape index (κ2) is 4.11. The van der Waals surface area contributed by atoms with Crippen LogP contribution in [0.5, 0.6) is 0 Å². The Morgan fingerprint density at radius 2 is 2.06 bits per heavy atom. The summed E-state index contributed by atoms with van der Waals surface area (Å²) in [6.45, 7) is 1.82. The number of furan rings is 1. The number of carbonyl (C=O) groups excluding carboxylic acids is 1. The van der Waals surface area contributed by atoms with Gasteiger partial charge in [-0.3, -0.25) is 9.78 Å². The maximum absolute atomic E-state index is 12.4. The molecule has 88 valence electrons. The average molecular weight is 237 g/mol. The molecule has 0 aliphatic carbocycles. The summed E-state index contributed by atoms with van der Waals surface area (Å²) >= 11 is 0. The van der Waals surface area contributed by atoms with Gasteiger partial charge in [0, 0.05) is 23.3 Å². The zero-order chi connectivity index (χ0) is 12.5. The highest BCUT2D eigenvalue weighted by Gasteiger charge is 2.14. The number of rotatable bonds is 2. The average Bonchev–Trinajstić information content (AvgIpc) is 2.84. The fraction of sp³-hybridized carbons (Fsp3) is 0.0667. The molecule has 3 rings (SSSR count). The van der Waals surface area contributed by atoms with Crippen molar-refractivity contribution in [1.82, 2.24) is 4.98 Å². The zero-order valence-electron chi connectivity index (χ0n) is 9.88. The van der Waals surface area contributed by atoms with Gasteiger partial charge in [-0.15, -0.1) is 0 Å². The Bertz CT molecular complexity index is 723. The molecule has 0 bridgehead atoms. The Labute approximate surface area is 104 Å². The van der Waals surface area contributed by atoms with Crippen molar-refractivity contribution < 1.29 is 9.21 Å². The molecule has 0 unspecified atom stereocenters. The summed E-state index contributed by atoms with van der Waals surface area (Å²) in [7, 11) is 0. The molecular formula is C15H11NO2. The van der Waals surface area contributed by atoms with Crippen molar-refractivity contribution in [3.8, 4) is 0 Å². The molecule has 3 nitrogen and oxygen atoms in total. The van der Waals surface area contributed by atoms with Crippen LogP contribution in [0.15, 0.2) is 53.4 Å². The van der Waals surface area contributed by atoms with Crippen LogP contribution >= 0.6 is 0 Å². The zero-order valence-corrected chi connectivity index (χ0v) is 9.88. The first kappa shape index (κ1) is 10.7. The molecule has 0 aliphatic heterocycles. The molecule has 3 aromatic rings. The maximum Gasteiger partial charge on any atom is 0.198 e. The summed E-state index contributed by atoms with van der Waals surface area (Å²) < 4.78 is 5.18.